The molecular weight excluding hydrogens is 395 g/mol. The van der Waals surface area contributed by atoms with E-state index in [0.717, 1.165) is 6.42 Å². The van der Waals surface area contributed by atoms with Crippen molar-refractivity contribution in [1.29, 1.82) is 0 Å². The standard InChI is InChI=1S/C17H17IO2S/c1-3-12-11-13(17(19)20-4-2)5-10-16(12)21-15-8-6-14(18)7-9-15/h5-11H,3-4H2,1-2H3. The predicted octanol–water partition coefficient (Wildman–Crippen LogP) is 5.18. The third-order valence-corrected chi connectivity index (χ3v) is 4.84. The van der Waals surface area contributed by atoms with E-state index in [1.54, 1.807) is 11.8 Å². The summed E-state index contributed by atoms with van der Waals surface area (Å²) in [5.41, 5.74) is 1.80. The Labute approximate surface area is 143 Å². The zero-order chi connectivity index (χ0) is 15.2. The summed E-state index contributed by atoms with van der Waals surface area (Å²) in [4.78, 5) is 14.2. The zero-order valence-corrected chi connectivity index (χ0v) is 15.0. The van der Waals surface area contributed by atoms with Crippen LogP contribution in [-0.2, 0) is 11.2 Å². The molecule has 2 nitrogen and oxygen atoms in total. The second-order valence-corrected chi connectivity index (χ2v) is 6.81. The molecule has 21 heavy (non-hydrogen) atoms. The number of hydrogen-bond acceptors (Lipinski definition) is 3. The average molecular weight is 412 g/mol. The molecule has 2 aromatic carbocycles. The smallest absolute Gasteiger partial charge is 0.338 e. The zero-order valence-electron chi connectivity index (χ0n) is 12.1. The van der Waals surface area contributed by atoms with Crippen LogP contribution in [0.25, 0.3) is 0 Å². The van der Waals surface area contributed by atoms with Crippen LogP contribution in [0.3, 0.4) is 0 Å². The summed E-state index contributed by atoms with van der Waals surface area (Å²) in [6.45, 7) is 4.32. The van der Waals surface area contributed by atoms with Gasteiger partial charge in [0.05, 0.1) is 12.2 Å². The SMILES string of the molecule is CCOC(=O)c1ccc(Sc2ccc(I)cc2)c(CC)c1. The molecule has 0 spiro atoms. The molecule has 0 radical (unpaired) electrons. The van der Waals surface area contributed by atoms with Gasteiger partial charge in [-0.3, -0.25) is 0 Å². The lowest BCUT2D eigenvalue weighted by atomic mass is 10.1. The van der Waals surface area contributed by atoms with Crippen LogP contribution in [0.15, 0.2) is 52.3 Å². The van der Waals surface area contributed by atoms with Crippen molar-refractivity contribution in [1.82, 2.24) is 0 Å². The Morgan fingerprint density at radius 3 is 2.48 bits per heavy atom. The maximum atomic E-state index is 11.8. The minimum atomic E-state index is -0.252. The molecule has 0 saturated heterocycles. The maximum absolute atomic E-state index is 11.8. The Hall–Kier alpha value is -1.01. The van der Waals surface area contributed by atoms with Crippen molar-refractivity contribution in [2.24, 2.45) is 0 Å². The predicted molar refractivity (Wildman–Crippen MR) is 95.1 cm³/mol. The van der Waals surface area contributed by atoms with Gasteiger partial charge in [-0.2, -0.15) is 0 Å². The number of halogens is 1. The fourth-order valence-electron chi connectivity index (χ4n) is 1.93. The van der Waals surface area contributed by atoms with Crippen LogP contribution >= 0.6 is 34.4 Å². The summed E-state index contributed by atoms with van der Waals surface area (Å²) >= 11 is 4.03. The lowest BCUT2D eigenvalue weighted by molar-refractivity contribution is 0.0526. The third-order valence-electron chi connectivity index (χ3n) is 2.99. The first-order valence-electron chi connectivity index (χ1n) is 6.87. The van der Waals surface area contributed by atoms with Gasteiger partial charge in [0.15, 0.2) is 0 Å². The minimum Gasteiger partial charge on any atom is -0.462 e. The van der Waals surface area contributed by atoms with Gasteiger partial charge < -0.3 is 4.74 Å². The normalized spacial score (nSPS) is 10.4. The molecular formula is C17H17IO2S. The van der Waals surface area contributed by atoms with E-state index in [1.807, 2.05) is 25.1 Å². The summed E-state index contributed by atoms with van der Waals surface area (Å²) < 4.78 is 6.28. The van der Waals surface area contributed by atoms with E-state index in [-0.39, 0.29) is 5.97 Å². The van der Waals surface area contributed by atoms with Gasteiger partial charge in [-0.15, -0.1) is 0 Å². The van der Waals surface area contributed by atoms with Crippen LogP contribution in [0.5, 0.6) is 0 Å². The van der Waals surface area contributed by atoms with E-state index in [9.17, 15) is 4.79 Å². The van der Waals surface area contributed by atoms with Gasteiger partial charge in [0, 0.05) is 13.4 Å². The molecule has 0 aromatic heterocycles. The Kier molecular flexibility index (Phi) is 6.11. The summed E-state index contributed by atoms with van der Waals surface area (Å²) in [7, 11) is 0. The Morgan fingerprint density at radius 2 is 1.86 bits per heavy atom. The largest absolute Gasteiger partial charge is 0.462 e. The number of carbonyl (C=O) groups excluding carboxylic acids is 1. The molecule has 0 aliphatic carbocycles. The van der Waals surface area contributed by atoms with Gasteiger partial charge >= 0.3 is 5.97 Å². The second kappa shape index (κ2) is 7.84. The maximum Gasteiger partial charge on any atom is 0.338 e. The van der Waals surface area contributed by atoms with Crippen molar-refractivity contribution in [2.45, 2.75) is 30.1 Å². The van der Waals surface area contributed by atoms with Gasteiger partial charge in [-0.25, -0.2) is 4.79 Å². The summed E-state index contributed by atoms with van der Waals surface area (Å²) in [6.07, 6.45) is 0.889. The number of esters is 1. The van der Waals surface area contributed by atoms with Crippen molar-refractivity contribution in [3.8, 4) is 0 Å². The van der Waals surface area contributed by atoms with E-state index < -0.39 is 0 Å². The van der Waals surface area contributed by atoms with Gasteiger partial charge in [-0.05, 0) is 84.0 Å². The molecule has 0 N–H and O–H groups in total. The number of aryl methyl sites for hydroxylation is 1. The van der Waals surface area contributed by atoms with Crippen molar-refractivity contribution < 1.29 is 9.53 Å². The fraction of sp³-hybridized carbons (Fsp3) is 0.235. The first kappa shape index (κ1) is 16.4. The average Bonchev–Trinajstić information content (AvgIpc) is 2.50. The van der Waals surface area contributed by atoms with Gasteiger partial charge in [0.1, 0.15) is 0 Å². The van der Waals surface area contributed by atoms with Crippen molar-refractivity contribution in [3.63, 3.8) is 0 Å². The number of hydrogen-bond donors (Lipinski definition) is 0. The number of carbonyl (C=O) groups is 1. The molecule has 0 amide bonds. The molecule has 0 bridgehead atoms. The summed E-state index contributed by atoms with van der Waals surface area (Å²) in [6, 6.07) is 14.2. The van der Waals surface area contributed by atoms with Crippen LogP contribution < -0.4 is 0 Å². The van der Waals surface area contributed by atoms with Crippen LogP contribution in [-0.4, -0.2) is 12.6 Å². The highest BCUT2D eigenvalue weighted by molar-refractivity contribution is 14.1. The Balaban J connectivity index is 2.23. The third kappa shape index (κ3) is 4.48. The van der Waals surface area contributed by atoms with Gasteiger partial charge in [-0.1, -0.05) is 18.7 Å². The van der Waals surface area contributed by atoms with E-state index in [4.69, 9.17) is 4.74 Å². The molecule has 2 rings (SSSR count). The van der Waals surface area contributed by atoms with E-state index in [0.29, 0.717) is 12.2 Å². The topological polar surface area (TPSA) is 26.3 Å². The van der Waals surface area contributed by atoms with Crippen molar-refractivity contribution in [3.05, 3.63) is 57.2 Å². The molecule has 0 fully saturated rings. The van der Waals surface area contributed by atoms with Crippen LogP contribution in [0.1, 0.15) is 29.8 Å². The Morgan fingerprint density at radius 1 is 1.14 bits per heavy atom. The molecule has 0 aliphatic heterocycles. The number of benzene rings is 2. The highest BCUT2D eigenvalue weighted by Gasteiger charge is 2.10. The highest BCUT2D eigenvalue weighted by atomic mass is 127. The molecule has 0 aliphatic rings. The number of ether oxygens (including phenoxy) is 1. The van der Waals surface area contributed by atoms with Gasteiger partial charge in [0.2, 0.25) is 0 Å². The van der Waals surface area contributed by atoms with Gasteiger partial charge in [0.25, 0.3) is 0 Å². The molecule has 0 heterocycles. The molecule has 2 aromatic rings. The lowest BCUT2D eigenvalue weighted by Crippen LogP contribution is -2.05. The minimum absolute atomic E-state index is 0.252. The van der Waals surface area contributed by atoms with E-state index in [2.05, 4.69) is 53.8 Å². The lowest BCUT2D eigenvalue weighted by Gasteiger charge is -2.10. The van der Waals surface area contributed by atoms with Crippen molar-refractivity contribution >= 4 is 40.3 Å². The summed E-state index contributed by atoms with van der Waals surface area (Å²) in [5, 5.41) is 0. The molecule has 0 unspecified atom stereocenters. The van der Waals surface area contributed by atoms with Crippen molar-refractivity contribution in [2.75, 3.05) is 6.61 Å². The molecule has 4 heteroatoms. The Bertz CT molecular complexity index is 623. The van der Waals surface area contributed by atoms with Crippen LogP contribution in [0, 0.1) is 3.57 Å². The monoisotopic (exact) mass is 412 g/mol. The second-order valence-electron chi connectivity index (χ2n) is 4.45. The quantitative estimate of drug-likeness (QED) is 0.500. The molecule has 110 valence electrons. The van der Waals surface area contributed by atoms with E-state index >= 15 is 0 Å². The fourth-order valence-corrected chi connectivity index (χ4v) is 3.28. The molecule has 0 saturated carbocycles. The molecule has 0 atom stereocenters. The highest BCUT2D eigenvalue weighted by Crippen LogP contribution is 2.31. The first-order valence-corrected chi connectivity index (χ1v) is 8.77. The van der Waals surface area contributed by atoms with Crippen LogP contribution in [0.4, 0.5) is 0 Å². The first-order chi connectivity index (χ1) is 10.1. The summed E-state index contributed by atoms with van der Waals surface area (Å²) in [5.74, 6) is -0.252. The van der Waals surface area contributed by atoms with E-state index in [1.165, 1.54) is 18.9 Å². The van der Waals surface area contributed by atoms with Crippen LogP contribution in [0.2, 0.25) is 0 Å². The number of rotatable bonds is 5.